The highest BCUT2D eigenvalue weighted by Gasteiger charge is 2.25. The van der Waals surface area contributed by atoms with Crippen molar-refractivity contribution in [2.24, 2.45) is 0 Å². The fourth-order valence-electron chi connectivity index (χ4n) is 2.30. The molecule has 0 aromatic heterocycles. The quantitative estimate of drug-likeness (QED) is 0.749. The first-order chi connectivity index (χ1) is 11.7. The fourth-order valence-corrected chi connectivity index (χ4v) is 2.30. The van der Waals surface area contributed by atoms with Crippen molar-refractivity contribution >= 4 is 5.78 Å². The minimum absolute atomic E-state index is 0.167. The van der Waals surface area contributed by atoms with Crippen LogP contribution in [0.3, 0.4) is 0 Å². The van der Waals surface area contributed by atoms with E-state index in [1.54, 1.807) is 0 Å². The van der Waals surface area contributed by atoms with Crippen LogP contribution in [0.25, 0.3) is 0 Å². The van der Waals surface area contributed by atoms with Gasteiger partial charge in [-0.1, -0.05) is 30.3 Å². The van der Waals surface area contributed by atoms with Crippen LogP contribution in [0.5, 0.6) is 23.0 Å². The van der Waals surface area contributed by atoms with Crippen molar-refractivity contribution in [3.05, 3.63) is 47.5 Å². The number of aliphatic hydroxyl groups is 1. The molecule has 0 saturated carbocycles. The molecule has 6 nitrogen and oxygen atoms in total. The number of Topliss-reactive ketones (excluding diaryl/α,β-unsaturated/α-hetero) is 1. The predicted octanol–water partition coefficient (Wildman–Crippen LogP) is 2.47. The zero-order valence-electron chi connectivity index (χ0n) is 13.9. The highest BCUT2D eigenvalue weighted by molar-refractivity contribution is 6.01. The Hall–Kier alpha value is -2.73. The van der Waals surface area contributed by atoms with Crippen molar-refractivity contribution in [2.75, 3.05) is 27.9 Å². The Balaban J connectivity index is 2.50. The van der Waals surface area contributed by atoms with Crippen molar-refractivity contribution in [1.82, 2.24) is 0 Å². The van der Waals surface area contributed by atoms with E-state index in [1.165, 1.54) is 27.4 Å². The van der Waals surface area contributed by atoms with Gasteiger partial charge in [0.1, 0.15) is 13.2 Å². The van der Waals surface area contributed by atoms with Gasteiger partial charge in [-0.25, -0.2) is 0 Å². The molecule has 0 spiro atoms. The lowest BCUT2D eigenvalue weighted by Crippen LogP contribution is -2.10. The van der Waals surface area contributed by atoms with E-state index in [-0.39, 0.29) is 23.7 Å². The predicted molar refractivity (Wildman–Crippen MR) is 88.3 cm³/mol. The van der Waals surface area contributed by atoms with Gasteiger partial charge in [0.2, 0.25) is 11.5 Å². The Morgan fingerprint density at radius 1 is 0.958 bits per heavy atom. The van der Waals surface area contributed by atoms with Crippen LogP contribution >= 0.6 is 0 Å². The third-order valence-electron chi connectivity index (χ3n) is 3.45. The molecule has 128 valence electrons. The van der Waals surface area contributed by atoms with Crippen molar-refractivity contribution in [3.63, 3.8) is 0 Å². The van der Waals surface area contributed by atoms with E-state index in [1.807, 2.05) is 30.3 Å². The molecule has 2 aromatic rings. The largest absolute Gasteiger partial charge is 0.493 e. The Bertz CT molecular complexity index is 696. The molecule has 0 atom stereocenters. The molecule has 0 aliphatic carbocycles. The lowest BCUT2D eigenvalue weighted by atomic mass is 10.1. The summed E-state index contributed by atoms with van der Waals surface area (Å²) in [6, 6.07) is 11.0. The maximum atomic E-state index is 12.0. The lowest BCUT2D eigenvalue weighted by molar-refractivity contribution is 0.0899. The number of rotatable bonds is 8. The molecule has 1 N–H and O–H groups in total. The van der Waals surface area contributed by atoms with E-state index in [0.29, 0.717) is 11.5 Å². The highest BCUT2D eigenvalue weighted by atomic mass is 16.5. The molecule has 0 fully saturated rings. The maximum absolute atomic E-state index is 12.0. The van der Waals surface area contributed by atoms with Gasteiger partial charge in [0.05, 0.1) is 26.9 Å². The number of hydrogen-bond acceptors (Lipinski definition) is 6. The molecule has 0 aliphatic rings. The van der Waals surface area contributed by atoms with Gasteiger partial charge in [0.15, 0.2) is 17.3 Å². The Morgan fingerprint density at radius 3 is 2.17 bits per heavy atom. The fraction of sp³-hybridized carbons (Fsp3) is 0.278. The van der Waals surface area contributed by atoms with Crippen molar-refractivity contribution in [2.45, 2.75) is 6.61 Å². The van der Waals surface area contributed by atoms with Gasteiger partial charge in [-0.05, 0) is 11.6 Å². The molecule has 0 saturated heterocycles. The maximum Gasteiger partial charge on any atom is 0.208 e. The molecule has 24 heavy (non-hydrogen) atoms. The number of carbonyl (C=O) groups excluding carboxylic acids is 1. The molecule has 2 aromatic carbocycles. The van der Waals surface area contributed by atoms with Crippen molar-refractivity contribution in [1.29, 1.82) is 0 Å². The van der Waals surface area contributed by atoms with Crippen LogP contribution < -0.4 is 18.9 Å². The minimum atomic E-state index is -0.649. The summed E-state index contributed by atoms with van der Waals surface area (Å²) in [5.41, 5.74) is 1.11. The average Bonchev–Trinajstić information content (AvgIpc) is 2.64. The van der Waals surface area contributed by atoms with Crippen LogP contribution in [-0.4, -0.2) is 38.8 Å². The Morgan fingerprint density at radius 2 is 1.62 bits per heavy atom. The molecule has 0 bridgehead atoms. The van der Waals surface area contributed by atoms with E-state index in [4.69, 9.17) is 18.9 Å². The second-order valence-electron chi connectivity index (χ2n) is 4.88. The smallest absolute Gasteiger partial charge is 0.208 e. The number of hydrogen-bond donors (Lipinski definition) is 1. The summed E-state index contributed by atoms with van der Waals surface area (Å²) in [5.74, 6) is 0.581. The molecule has 0 radical (unpaired) electrons. The van der Waals surface area contributed by atoms with Gasteiger partial charge >= 0.3 is 0 Å². The second-order valence-corrected chi connectivity index (χ2v) is 4.88. The summed E-state index contributed by atoms with van der Waals surface area (Å²) in [4.78, 5) is 12.0. The van der Waals surface area contributed by atoms with E-state index in [2.05, 4.69) is 0 Å². The highest BCUT2D eigenvalue weighted by Crippen LogP contribution is 2.47. The molecule has 2 rings (SSSR count). The zero-order valence-corrected chi connectivity index (χ0v) is 13.9. The number of aliphatic hydroxyl groups excluding tert-OH is 1. The first-order valence-electron chi connectivity index (χ1n) is 7.30. The molecular weight excluding hydrogens is 312 g/mol. The van der Waals surface area contributed by atoms with Gasteiger partial charge in [-0.15, -0.1) is 0 Å². The summed E-state index contributed by atoms with van der Waals surface area (Å²) in [6.45, 7) is -0.391. The van der Waals surface area contributed by atoms with Crippen LogP contribution in [0.15, 0.2) is 36.4 Å². The van der Waals surface area contributed by atoms with Crippen LogP contribution in [0.1, 0.15) is 15.9 Å². The molecule has 0 unspecified atom stereocenters. The van der Waals surface area contributed by atoms with Crippen LogP contribution in [0.4, 0.5) is 0 Å². The normalized spacial score (nSPS) is 10.2. The van der Waals surface area contributed by atoms with Gasteiger partial charge in [-0.3, -0.25) is 4.79 Å². The van der Waals surface area contributed by atoms with E-state index >= 15 is 0 Å². The number of benzene rings is 2. The molecule has 0 aliphatic heterocycles. The van der Waals surface area contributed by atoms with E-state index < -0.39 is 12.4 Å². The SMILES string of the molecule is COc1cc(C(=O)CO)c(OC)c(OCc2ccccc2)c1OC. The monoisotopic (exact) mass is 332 g/mol. The van der Waals surface area contributed by atoms with Gasteiger partial charge in [0, 0.05) is 0 Å². The first-order valence-corrected chi connectivity index (χ1v) is 7.30. The molecule has 0 amide bonds. The summed E-state index contributed by atoms with van der Waals surface area (Å²) in [7, 11) is 4.35. The number of carbonyl (C=O) groups is 1. The van der Waals surface area contributed by atoms with Gasteiger partial charge in [-0.2, -0.15) is 0 Å². The number of methoxy groups -OCH3 is 3. The van der Waals surface area contributed by atoms with Crippen molar-refractivity contribution < 1.29 is 28.8 Å². The zero-order chi connectivity index (χ0) is 17.5. The van der Waals surface area contributed by atoms with Crippen LogP contribution in [0, 0.1) is 0 Å². The summed E-state index contributed by atoms with van der Waals surface area (Å²) in [5, 5.41) is 9.18. The Kier molecular flexibility index (Phi) is 6.03. The Labute approximate surface area is 140 Å². The molecule has 6 heteroatoms. The van der Waals surface area contributed by atoms with Gasteiger partial charge in [0.25, 0.3) is 0 Å². The number of ether oxygens (including phenoxy) is 4. The average molecular weight is 332 g/mol. The lowest BCUT2D eigenvalue weighted by Gasteiger charge is -2.19. The minimum Gasteiger partial charge on any atom is -0.493 e. The van der Waals surface area contributed by atoms with E-state index in [0.717, 1.165) is 5.56 Å². The third kappa shape index (κ3) is 3.60. The topological polar surface area (TPSA) is 74.2 Å². The van der Waals surface area contributed by atoms with Gasteiger partial charge < -0.3 is 24.1 Å². The first kappa shape index (κ1) is 17.6. The third-order valence-corrected chi connectivity index (χ3v) is 3.45. The standard InChI is InChI=1S/C18H20O6/c1-21-15-9-13(14(20)10-19)16(22-2)18(17(15)23-3)24-11-12-7-5-4-6-8-12/h4-9,19H,10-11H2,1-3H3. The molecular formula is C18H20O6. The number of ketones is 1. The summed E-state index contributed by atoms with van der Waals surface area (Å²) in [6.07, 6.45) is 0. The second kappa shape index (κ2) is 8.21. The summed E-state index contributed by atoms with van der Waals surface area (Å²) >= 11 is 0. The van der Waals surface area contributed by atoms with Crippen molar-refractivity contribution in [3.8, 4) is 23.0 Å². The summed E-state index contributed by atoms with van der Waals surface area (Å²) < 4.78 is 21.8. The van der Waals surface area contributed by atoms with E-state index in [9.17, 15) is 9.90 Å². The molecule has 0 heterocycles. The van der Waals surface area contributed by atoms with Crippen LogP contribution in [0.2, 0.25) is 0 Å². The van der Waals surface area contributed by atoms with Crippen LogP contribution in [-0.2, 0) is 6.61 Å².